The molecule has 4 aromatic rings. The minimum Gasteiger partial charge on any atom is -0.381 e. The topological polar surface area (TPSA) is 53.2 Å². The zero-order valence-corrected chi connectivity index (χ0v) is 18.6. The lowest BCUT2D eigenvalue weighted by Crippen LogP contribution is -2.10. The first-order valence-corrected chi connectivity index (χ1v) is 11.1. The molecule has 0 bridgehead atoms. The van der Waals surface area contributed by atoms with Crippen LogP contribution >= 0.6 is 11.6 Å². The van der Waals surface area contributed by atoms with E-state index in [1.54, 1.807) is 12.1 Å². The summed E-state index contributed by atoms with van der Waals surface area (Å²) in [4.78, 5) is 13.0. The number of fused-ring (bicyclic) bond motifs is 1. The van der Waals surface area contributed by atoms with Gasteiger partial charge in [0, 0.05) is 28.5 Å². The predicted molar refractivity (Wildman–Crippen MR) is 137 cm³/mol. The van der Waals surface area contributed by atoms with Crippen LogP contribution in [0.1, 0.15) is 16.7 Å². The summed E-state index contributed by atoms with van der Waals surface area (Å²) in [7, 11) is 0. The molecule has 0 radical (unpaired) electrons. The van der Waals surface area contributed by atoms with E-state index in [1.807, 2.05) is 78.9 Å². The van der Waals surface area contributed by atoms with E-state index in [2.05, 4.69) is 28.1 Å². The average Bonchev–Trinajstić information content (AvgIpc) is 3.17. The van der Waals surface area contributed by atoms with E-state index in [9.17, 15) is 4.79 Å². The van der Waals surface area contributed by atoms with Gasteiger partial charge in [-0.25, -0.2) is 0 Å². The Labute approximate surface area is 197 Å². The molecule has 4 aromatic carbocycles. The second-order valence-corrected chi connectivity index (χ2v) is 8.24. The molecule has 0 spiro atoms. The van der Waals surface area contributed by atoms with E-state index in [-0.39, 0.29) is 5.91 Å². The number of carbonyl (C=O) groups is 1. The summed E-state index contributed by atoms with van der Waals surface area (Å²) >= 11 is 6.14. The molecule has 0 aliphatic carbocycles. The summed E-state index contributed by atoms with van der Waals surface area (Å²) in [6.07, 6.45) is 0. The summed E-state index contributed by atoms with van der Waals surface area (Å²) in [5.41, 5.74) is 6.99. The molecule has 0 aromatic heterocycles. The molecule has 0 unspecified atom stereocenters. The molecule has 3 N–H and O–H groups in total. The maximum absolute atomic E-state index is 13.0. The van der Waals surface area contributed by atoms with Crippen LogP contribution in [0.15, 0.2) is 103 Å². The second-order valence-electron chi connectivity index (χ2n) is 7.80. The number of rotatable bonds is 6. The lowest BCUT2D eigenvalue weighted by Gasteiger charge is -2.15. The number of halogens is 1. The van der Waals surface area contributed by atoms with Gasteiger partial charge in [0.15, 0.2) is 0 Å². The SMILES string of the molecule is O=C1Nc2cc(Cl)ccc2C1=C(Nc1ccc(CNc2ccccc2)cc1)c1ccccc1. The standard InChI is InChI=1S/C28H22ClN3O/c29-21-13-16-24-25(17-21)32-28(33)26(24)27(20-7-3-1-4-8-20)31-23-14-11-19(12-15-23)18-30-22-9-5-2-6-10-22/h1-17,30-31H,18H2,(H,32,33). The Morgan fingerprint density at radius 2 is 1.48 bits per heavy atom. The van der Waals surface area contributed by atoms with E-state index in [1.165, 1.54) is 0 Å². The number of amides is 1. The first-order chi connectivity index (χ1) is 16.2. The zero-order valence-electron chi connectivity index (χ0n) is 17.8. The molecule has 0 atom stereocenters. The van der Waals surface area contributed by atoms with Gasteiger partial charge >= 0.3 is 0 Å². The Bertz CT molecular complexity index is 1320. The number of nitrogens with one attached hydrogen (secondary N) is 3. The normalized spacial score (nSPS) is 13.8. The van der Waals surface area contributed by atoms with E-state index >= 15 is 0 Å². The third-order valence-electron chi connectivity index (χ3n) is 5.53. The monoisotopic (exact) mass is 451 g/mol. The number of benzene rings is 4. The molecule has 1 heterocycles. The minimum atomic E-state index is -0.151. The van der Waals surface area contributed by atoms with Gasteiger partial charge in [-0.3, -0.25) is 4.79 Å². The Morgan fingerprint density at radius 3 is 2.21 bits per heavy atom. The summed E-state index contributed by atoms with van der Waals surface area (Å²) in [6.45, 7) is 0.730. The summed E-state index contributed by atoms with van der Waals surface area (Å²) in [5, 5.41) is 10.4. The highest BCUT2D eigenvalue weighted by Crippen LogP contribution is 2.38. The zero-order chi connectivity index (χ0) is 22.6. The third-order valence-corrected chi connectivity index (χ3v) is 5.77. The maximum atomic E-state index is 13.0. The van der Waals surface area contributed by atoms with Gasteiger partial charge in [0.2, 0.25) is 0 Å². The largest absolute Gasteiger partial charge is 0.381 e. The van der Waals surface area contributed by atoms with Crippen LogP contribution in [-0.2, 0) is 11.3 Å². The van der Waals surface area contributed by atoms with Crippen LogP contribution in [0.3, 0.4) is 0 Å². The summed E-state index contributed by atoms with van der Waals surface area (Å²) in [6, 6.07) is 33.7. The number of hydrogen-bond donors (Lipinski definition) is 3. The van der Waals surface area contributed by atoms with Gasteiger partial charge in [-0.05, 0) is 47.5 Å². The third kappa shape index (κ3) is 4.61. The van der Waals surface area contributed by atoms with Crippen LogP contribution in [-0.4, -0.2) is 5.91 Å². The summed E-state index contributed by atoms with van der Waals surface area (Å²) in [5.74, 6) is -0.151. The van der Waals surface area contributed by atoms with E-state index in [4.69, 9.17) is 11.6 Å². The number of carbonyl (C=O) groups excluding carboxylic acids is 1. The van der Waals surface area contributed by atoms with E-state index in [0.717, 1.165) is 46.0 Å². The van der Waals surface area contributed by atoms with Crippen molar-refractivity contribution >= 4 is 45.8 Å². The minimum absolute atomic E-state index is 0.151. The van der Waals surface area contributed by atoms with Crippen LogP contribution in [0.25, 0.3) is 11.3 Å². The van der Waals surface area contributed by atoms with Crippen LogP contribution in [0.2, 0.25) is 5.02 Å². The first-order valence-electron chi connectivity index (χ1n) is 10.7. The Morgan fingerprint density at radius 1 is 0.788 bits per heavy atom. The fraction of sp³-hybridized carbons (Fsp3) is 0.0357. The highest BCUT2D eigenvalue weighted by atomic mass is 35.5. The van der Waals surface area contributed by atoms with Gasteiger partial charge < -0.3 is 16.0 Å². The smallest absolute Gasteiger partial charge is 0.258 e. The van der Waals surface area contributed by atoms with Gasteiger partial charge in [-0.1, -0.05) is 78.3 Å². The molecule has 5 heteroatoms. The van der Waals surface area contributed by atoms with E-state index < -0.39 is 0 Å². The molecule has 33 heavy (non-hydrogen) atoms. The molecular formula is C28H22ClN3O. The van der Waals surface area contributed by atoms with Crippen molar-refractivity contribution in [2.75, 3.05) is 16.0 Å². The quantitative estimate of drug-likeness (QED) is 0.280. The van der Waals surface area contributed by atoms with Crippen LogP contribution < -0.4 is 16.0 Å². The first kappa shape index (κ1) is 20.9. The molecule has 0 saturated heterocycles. The number of anilines is 3. The molecule has 5 rings (SSSR count). The average molecular weight is 452 g/mol. The van der Waals surface area contributed by atoms with Crippen LogP contribution in [0, 0.1) is 0 Å². The number of hydrogen-bond acceptors (Lipinski definition) is 3. The Balaban J connectivity index is 1.45. The molecule has 0 saturated carbocycles. The van der Waals surface area contributed by atoms with E-state index in [0.29, 0.717) is 10.6 Å². The molecule has 1 aliphatic heterocycles. The van der Waals surface area contributed by atoms with Crippen molar-refractivity contribution in [3.05, 3.63) is 125 Å². The van der Waals surface area contributed by atoms with Crippen molar-refractivity contribution < 1.29 is 4.79 Å². The molecular weight excluding hydrogens is 430 g/mol. The van der Waals surface area contributed by atoms with Gasteiger partial charge in [0.1, 0.15) is 0 Å². The fourth-order valence-corrected chi connectivity index (χ4v) is 4.06. The van der Waals surface area contributed by atoms with Gasteiger partial charge in [0.25, 0.3) is 5.91 Å². The van der Waals surface area contributed by atoms with Crippen LogP contribution in [0.4, 0.5) is 17.1 Å². The Kier molecular flexibility index (Phi) is 5.83. The van der Waals surface area contributed by atoms with Crippen molar-refractivity contribution in [3.8, 4) is 0 Å². The molecule has 0 fully saturated rings. The van der Waals surface area contributed by atoms with Crippen LogP contribution in [0.5, 0.6) is 0 Å². The molecule has 1 aliphatic rings. The van der Waals surface area contributed by atoms with Crippen molar-refractivity contribution in [2.24, 2.45) is 0 Å². The van der Waals surface area contributed by atoms with Crippen molar-refractivity contribution in [3.63, 3.8) is 0 Å². The molecule has 1 amide bonds. The molecule has 4 nitrogen and oxygen atoms in total. The highest BCUT2D eigenvalue weighted by molar-refractivity contribution is 6.38. The van der Waals surface area contributed by atoms with Gasteiger partial charge in [-0.15, -0.1) is 0 Å². The lowest BCUT2D eigenvalue weighted by atomic mass is 10.00. The fourth-order valence-electron chi connectivity index (χ4n) is 3.89. The Hall–Kier alpha value is -4.02. The highest BCUT2D eigenvalue weighted by Gasteiger charge is 2.28. The lowest BCUT2D eigenvalue weighted by molar-refractivity contribution is -0.110. The predicted octanol–water partition coefficient (Wildman–Crippen LogP) is 6.88. The second kappa shape index (κ2) is 9.23. The van der Waals surface area contributed by atoms with Gasteiger partial charge in [0.05, 0.1) is 17.0 Å². The number of para-hydroxylation sites is 1. The van der Waals surface area contributed by atoms with Crippen molar-refractivity contribution in [1.29, 1.82) is 0 Å². The summed E-state index contributed by atoms with van der Waals surface area (Å²) < 4.78 is 0. The van der Waals surface area contributed by atoms with Crippen molar-refractivity contribution in [1.82, 2.24) is 0 Å². The van der Waals surface area contributed by atoms with Crippen molar-refractivity contribution in [2.45, 2.75) is 6.54 Å². The maximum Gasteiger partial charge on any atom is 0.258 e. The van der Waals surface area contributed by atoms with Gasteiger partial charge in [-0.2, -0.15) is 0 Å². The molecule has 162 valence electrons.